The summed E-state index contributed by atoms with van der Waals surface area (Å²) in [6, 6.07) is 7.69. The number of nitro benzene ring substituents is 1. The zero-order valence-corrected chi connectivity index (χ0v) is 17.7. The average molecular weight is 411 g/mol. The first-order chi connectivity index (χ1) is 14.5. The van der Waals surface area contributed by atoms with Gasteiger partial charge in [0.2, 0.25) is 5.95 Å². The van der Waals surface area contributed by atoms with Crippen LogP contribution in [0.3, 0.4) is 0 Å². The fourth-order valence-corrected chi connectivity index (χ4v) is 3.89. The quantitative estimate of drug-likeness (QED) is 0.477. The van der Waals surface area contributed by atoms with E-state index < -0.39 is 0 Å². The van der Waals surface area contributed by atoms with Gasteiger partial charge >= 0.3 is 0 Å². The molecule has 160 valence electrons. The summed E-state index contributed by atoms with van der Waals surface area (Å²) < 4.78 is 0. The minimum Gasteiger partial charge on any atom is -0.355 e. The van der Waals surface area contributed by atoms with Crippen LogP contribution in [0.1, 0.15) is 43.9 Å². The zero-order chi connectivity index (χ0) is 21.1. The molecule has 1 aromatic carbocycles. The molecule has 0 amide bonds. The predicted octanol–water partition coefficient (Wildman–Crippen LogP) is 3.97. The second-order valence-electron chi connectivity index (χ2n) is 8.46. The molecule has 0 spiro atoms. The van der Waals surface area contributed by atoms with E-state index in [1.54, 1.807) is 19.1 Å². The van der Waals surface area contributed by atoms with Crippen LogP contribution < -0.4 is 15.5 Å². The molecule has 1 atom stereocenters. The summed E-state index contributed by atoms with van der Waals surface area (Å²) in [7, 11) is 0. The fraction of sp³-hybridized carbons (Fsp3) is 0.545. The molecule has 30 heavy (non-hydrogen) atoms. The van der Waals surface area contributed by atoms with Crippen molar-refractivity contribution in [3.63, 3.8) is 0 Å². The van der Waals surface area contributed by atoms with Gasteiger partial charge in [0, 0.05) is 48.2 Å². The number of benzene rings is 1. The van der Waals surface area contributed by atoms with Crippen LogP contribution in [0.4, 0.5) is 23.1 Å². The van der Waals surface area contributed by atoms with Crippen LogP contribution >= 0.6 is 0 Å². The summed E-state index contributed by atoms with van der Waals surface area (Å²) in [6.07, 6.45) is 5.71. The Balaban J connectivity index is 1.51. The molecule has 2 aliphatic rings. The lowest BCUT2D eigenvalue weighted by Crippen LogP contribution is -2.34. The Kier molecular flexibility index (Phi) is 6.13. The van der Waals surface area contributed by atoms with E-state index in [4.69, 9.17) is 4.98 Å². The summed E-state index contributed by atoms with van der Waals surface area (Å²) >= 11 is 0. The van der Waals surface area contributed by atoms with Crippen LogP contribution in [0, 0.1) is 23.0 Å². The van der Waals surface area contributed by atoms with Gasteiger partial charge in [-0.05, 0) is 51.1 Å². The van der Waals surface area contributed by atoms with E-state index in [9.17, 15) is 10.1 Å². The molecule has 1 aliphatic heterocycles. The lowest BCUT2D eigenvalue weighted by atomic mass is 10.2. The van der Waals surface area contributed by atoms with Gasteiger partial charge in [-0.25, -0.2) is 4.98 Å². The van der Waals surface area contributed by atoms with Crippen molar-refractivity contribution in [1.82, 2.24) is 15.3 Å². The largest absolute Gasteiger partial charge is 0.355 e. The van der Waals surface area contributed by atoms with E-state index >= 15 is 0 Å². The van der Waals surface area contributed by atoms with Gasteiger partial charge < -0.3 is 15.5 Å². The van der Waals surface area contributed by atoms with Crippen molar-refractivity contribution in [1.29, 1.82) is 0 Å². The van der Waals surface area contributed by atoms with Gasteiger partial charge in [-0.2, -0.15) is 4.98 Å². The molecule has 2 heterocycles. The van der Waals surface area contributed by atoms with Gasteiger partial charge in [-0.15, -0.1) is 0 Å². The number of rotatable bonds is 9. The molecule has 1 saturated heterocycles. The number of anilines is 3. The zero-order valence-electron chi connectivity index (χ0n) is 17.7. The molecule has 8 heteroatoms. The number of hydrogen-bond acceptors (Lipinski definition) is 7. The first-order valence-electron chi connectivity index (χ1n) is 10.9. The fourth-order valence-electron chi connectivity index (χ4n) is 3.89. The molecular weight excluding hydrogens is 380 g/mol. The highest BCUT2D eigenvalue weighted by atomic mass is 16.6. The van der Waals surface area contributed by atoms with E-state index in [2.05, 4.69) is 33.5 Å². The number of aromatic nitrogens is 2. The monoisotopic (exact) mass is 410 g/mol. The molecule has 2 aromatic rings. The maximum atomic E-state index is 11.3. The van der Waals surface area contributed by atoms with Crippen LogP contribution in [0.25, 0.3) is 0 Å². The summed E-state index contributed by atoms with van der Waals surface area (Å²) in [6.45, 7) is 6.92. The maximum absolute atomic E-state index is 11.3. The van der Waals surface area contributed by atoms with E-state index in [0.29, 0.717) is 23.2 Å². The Labute approximate surface area is 177 Å². The predicted molar refractivity (Wildman–Crippen MR) is 118 cm³/mol. The van der Waals surface area contributed by atoms with Crippen LogP contribution in [-0.4, -0.2) is 40.6 Å². The molecule has 2 fully saturated rings. The van der Waals surface area contributed by atoms with Gasteiger partial charge in [-0.1, -0.05) is 19.4 Å². The Hall–Kier alpha value is -2.74. The van der Waals surface area contributed by atoms with Crippen LogP contribution in [-0.2, 0) is 6.42 Å². The first kappa shape index (κ1) is 20.5. The van der Waals surface area contributed by atoms with E-state index in [1.165, 1.54) is 12.8 Å². The standard InChI is InChI=1S/C22H30N6O2/c1-3-4-17-12-21(27-10-9-19(14-27)23-13-16-6-7-16)26-22(24-17)25-18-8-5-15(2)20(11-18)28(29)30/h5,8,11-12,16,19,23H,3-4,6-7,9-10,13-14H2,1-2H3,(H,24,25,26)/t19-/m0/s1. The molecule has 2 N–H and O–H groups in total. The van der Waals surface area contributed by atoms with E-state index in [-0.39, 0.29) is 10.6 Å². The second kappa shape index (κ2) is 8.95. The number of hydrogen-bond donors (Lipinski definition) is 2. The Morgan fingerprint density at radius 1 is 1.23 bits per heavy atom. The van der Waals surface area contributed by atoms with Gasteiger partial charge in [-0.3, -0.25) is 10.1 Å². The van der Waals surface area contributed by atoms with Gasteiger partial charge in [0.05, 0.1) is 4.92 Å². The maximum Gasteiger partial charge on any atom is 0.274 e. The van der Waals surface area contributed by atoms with Gasteiger partial charge in [0.25, 0.3) is 5.69 Å². The summed E-state index contributed by atoms with van der Waals surface area (Å²) in [5, 5.41) is 18.1. The number of nitro groups is 1. The Morgan fingerprint density at radius 3 is 2.80 bits per heavy atom. The molecule has 0 bridgehead atoms. The molecule has 8 nitrogen and oxygen atoms in total. The Morgan fingerprint density at radius 2 is 2.07 bits per heavy atom. The molecule has 0 radical (unpaired) electrons. The molecular formula is C22H30N6O2. The van der Waals surface area contributed by atoms with Crippen LogP contribution in [0.5, 0.6) is 0 Å². The number of nitrogens with zero attached hydrogens (tertiary/aromatic N) is 4. The minimum atomic E-state index is -0.362. The summed E-state index contributed by atoms with van der Waals surface area (Å²) in [5.41, 5.74) is 2.33. The normalized spacial score (nSPS) is 18.6. The highest BCUT2D eigenvalue weighted by Crippen LogP contribution is 2.29. The van der Waals surface area contributed by atoms with E-state index in [1.807, 2.05) is 6.07 Å². The average Bonchev–Trinajstić information content (AvgIpc) is 3.43. The smallest absolute Gasteiger partial charge is 0.274 e. The number of nitrogens with one attached hydrogen (secondary N) is 2. The van der Waals surface area contributed by atoms with Crippen molar-refractivity contribution in [2.24, 2.45) is 5.92 Å². The van der Waals surface area contributed by atoms with E-state index in [0.717, 1.165) is 56.3 Å². The third-order valence-electron chi connectivity index (χ3n) is 5.84. The SMILES string of the molecule is CCCc1cc(N2CC[C@H](NCC3CC3)C2)nc(Nc2ccc(C)c([N+](=O)[O-])c2)n1. The van der Waals surface area contributed by atoms with Crippen LogP contribution in [0.2, 0.25) is 0 Å². The second-order valence-corrected chi connectivity index (χ2v) is 8.46. The summed E-state index contributed by atoms with van der Waals surface area (Å²) in [5.74, 6) is 2.29. The van der Waals surface area contributed by atoms with Crippen LogP contribution in [0.15, 0.2) is 24.3 Å². The minimum absolute atomic E-state index is 0.0917. The third-order valence-corrected chi connectivity index (χ3v) is 5.84. The lowest BCUT2D eigenvalue weighted by Gasteiger charge is -2.20. The third kappa shape index (κ3) is 5.05. The highest BCUT2D eigenvalue weighted by molar-refractivity contribution is 5.61. The molecule has 0 unspecified atom stereocenters. The highest BCUT2D eigenvalue weighted by Gasteiger charge is 2.27. The molecule has 4 rings (SSSR count). The Bertz CT molecular complexity index is 914. The molecule has 1 saturated carbocycles. The van der Waals surface area contributed by atoms with Gasteiger partial charge in [0.15, 0.2) is 0 Å². The molecule has 1 aliphatic carbocycles. The topological polar surface area (TPSA) is 96.2 Å². The van der Waals surface area contributed by atoms with Crippen molar-refractivity contribution in [3.05, 3.63) is 45.6 Å². The molecule has 1 aromatic heterocycles. The van der Waals surface area contributed by atoms with Crippen molar-refractivity contribution in [3.8, 4) is 0 Å². The number of aryl methyl sites for hydroxylation is 2. The van der Waals surface area contributed by atoms with Crippen molar-refractivity contribution < 1.29 is 4.92 Å². The van der Waals surface area contributed by atoms with Gasteiger partial charge in [0.1, 0.15) is 5.82 Å². The van der Waals surface area contributed by atoms with Crippen molar-refractivity contribution >= 4 is 23.1 Å². The lowest BCUT2D eigenvalue weighted by molar-refractivity contribution is -0.385. The summed E-state index contributed by atoms with van der Waals surface area (Å²) in [4.78, 5) is 22.6. The first-order valence-corrected chi connectivity index (χ1v) is 10.9. The van der Waals surface area contributed by atoms with Crippen molar-refractivity contribution in [2.75, 3.05) is 29.9 Å². The van der Waals surface area contributed by atoms with Crippen molar-refractivity contribution in [2.45, 2.75) is 52.0 Å².